The largest absolute Gasteiger partial charge is 0.493 e. The summed E-state index contributed by atoms with van der Waals surface area (Å²) in [6.07, 6.45) is 3.05. The zero-order valence-electron chi connectivity index (χ0n) is 19.6. The lowest BCUT2D eigenvalue weighted by Gasteiger charge is -2.18. The first kappa shape index (κ1) is 25.2. The first-order chi connectivity index (χ1) is 16.9. The van der Waals surface area contributed by atoms with Gasteiger partial charge in [-0.2, -0.15) is 0 Å². The lowest BCUT2D eigenvalue weighted by atomic mass is 9.91. The van der Waals surface area contributed by atoms with E-state index in [2.05, 4.69) is 9.97 Å². The highest BCUT2D eigenvalue weighted by molar-refractivity contribution is 6.29. The van der Waals surface area contributed by atoms with Crippen LogP contribution < -0.4 is 14.4 Å². The minimum absolute atomic E-state index is 0. The van der Waals surface area contributed by atoms with Crippen LogP contribution in [-0.2, 0) is 11.3 Å². The van der Waals surface area contributed by atoms with Crippen LogP contribution in [0.1, 0.15) is 26.3 Å². The number of carbonyl (C=O) groups is 2. The molecule has 1 aliphatic heterocycles. The second-order valence-electron chi connectivity index (χ2n) is 7.93. The Labute approximate surface area is 218 Å². The molecule has 10 heteroatoms. The zero-order valence-corrected chi connectivity index (χ0v) is 21.1. The molecule has 0 atom stereocenters. The Balaban J connectivity index is 0.00000304. The van der Waals surface area contributed by atoms with Gasteiger partial charge in [-0.05, 0) is 53.2 Å². The summed E-state index contributed by atoms with van der Waals surface area (Å²) in [5.41, 5.74) is 3.07. The Morgan fingerprint density at radius 1 is 1.00 bits per heavy atom. The fraction of sp³-hybridized carbons (Fsp3) is 0.154. The van der Waals surface area contributed by atoms with Gasteiger partial charge in [0.2, 0.25) is 0 Å². The summed E-state index contributed by atoms with van der Waals surface area (Å²) in [6.45, 7) is 0.198. The average molecular weight is 526 g/mol. The first-order valence-corrected chi connectivity index (χ1v) is 11.0. The van der Waals surface area contributed by atoms with Crippen LogP contribution in [0.15, 0.2) is 54.9 Å². The molecule has 2 aromatic heterocycles. The topological polar surface area (TPSA) is 90.9 Å². The van der Waals surface area contributed by atoms with Crippen molar-refractivity contribution in [3.8, 4) is 22.6 Å². The van der Waals surface area contributed by atoms with Crippen molar-refractivity contribution in [2.45, 2.75) is 6.61 Å². The molecule has 1 amide bonds. The van der Waals surface area contributed by atoms with E-state index < -0.39 is 5.97 Å². The Morgan fingerprint density at radius 2 is 1.75 bits per heavy atom. The summed E-state index contributed by atoms with van der Waals surface area (Å²) >= 11 is 5.82. The van der Waals surface area contributed by atoms with Gasteiger partial charge >= 0.3 is 5.97 Å². The monoisotopic (exact) mass is 525 g/mol. The number of nitrogens with zero attached hydrogens (tertiary/aromatic N) is 3. The number of pyridine rings is 2. The molecule has 0 aliphatic carbocycles. The molecule has 4 aromatic rings. The van der Waals surface area contributed by atoms with Gasteiger partial charge in [-0.1, -0.05) is 11.6 Å². The predicted molar refractivity (Wildman–Crippen MR) is 139 cm³/mol. The molecule has 0 saturated carbocycles. The Kier molecular flexibility index (Phi) is 7.01. The molecule has 184 valence electrons. The van der Waals surface area contributed by atoms with Crippen molar-refractivity contribution in [3.63, 3.8) is 0 Å². The number of hydrogen-bond donors (Lipinski definition) is 0. The van der Waals surface area contributed by atoms with Crippen molar-refractivity contribution in [2.24, 2.45) is 0 Å². The maximum atomic E-state index is 12.8. The number of fused-ring (bicyclic) bond motifs is 2. The Morgan fingerprint density at radius 3 is 2.39 bits per heavy atom. The lowest BCUT2D eigenvalue weighted by molar-refractivity contribution is 0.0535. The van der Waals surface area contributed by atoms with E-state index >= 15 is 0 Å². The molecule has 3 heterocycles. The van der Waals surface area contributed by atoms with Gasteiger partial charge in [0.05, 0.1) is 25.3 Å². The minimum atomic E-state index is -0.390. The molecule has 5 rings (SSSR count). The number of cyclic esters (lactones) is 1. The Bertz CT molecular complexity index is 1470. The molecule has 2 aromatic carbocycles. The van der Waals surface area contributed by atoms with Crippen LogP contribution in [0.2, 0.25) is 5.15 Å². The van der Waals surface area contributed by atoms with Gasteiger partial charge in [0, 0.05) is 36.1 Å². The molecule has 0 spiro atoms. The quantitative estimate of drug-likeness (QED) is 0.256. The first-order valence-electron chi connectivity index (χ1n) is 10.7. The lowest BCUT2D eigenvalue weighted by Crippen LogP contribution is -2.27. The summed E-state index contributed by atoms with van der Waals surface area (Å²) in [5, 5.41) is 1.98. The summed E-state index contributed by atoms with van der Waals surface area (Å²) in [7, 11) is 4.76. The van der Waals surface area contributed by atoms with Gasteiger partial charge in [0.15, 0.2) is 11.5 Å². The van der Waals surface area contributed by atoms with Crippen molar-refractivity contribution in [2.75, 3.05) is 26.2 Å². The van der Waals surface area contributed by atoms with Gasteiger partial charge < -0.3 is 14.2 Å². The van der Waals surface area contributed by atoms with Crippen LogP contribution in [0, 0.1) is 0 Å². The molecule has 36 heavy (non-hydrogen) atoms. The third-order valence-electron chi connectivity index (χ3n) is 5.95. The van der Waals surface area contributed by atoms with E-state index in [9.17, 15) is 9.59 Å². The molecule has 0 bridgehead atoms. The summed E-state index contributed by atoms with van der Waals surface area (Å²) < 4.78 is 16.3. The molecule has 0 fully saturated rings. The molecule has 0 unspecified atom stereocenters. The van der Waals surface area contributed by atoms with E-state index in [0.29, 0.717) is 44.7 Å². The van der Waals surface area contributed by atoms with Crippen molar-refractivity contribution >= 4 is 52.5 Å². The number of ether oxygens (including phenoxy) is 3. The zero-order chi connectivity index (χ0) is 24.7. The summed E-state index contributed by atoms with van der Waals surface area (Å²) in [5.74, 6) is 0.895. The van der Waals surface area contributed by atoms with E-state index in [-0.39, 0.29) is 24.9 Å². The smallest absolute Gasteiger partial charge is 0.339 e. The number of anilines is 1. The van der Waals surface area contributed by atoms with Crippen molar-refractivity contribution in [1.29, 1.82) is 0 Å². The standard InChI is InChI=1S/C26H20ClN3O5.ClH/c1-30(25(31)15-4-6-21(27)28-12-15)22-7-5-14(11-29-22)23-18-10-20(34-3)19(33-2)9-16(18)8-17-13-35-26(32)24(17)23;/h4-12H,13H2,1-3H3;1H. The molecule has 0 N–H and O–H groups in total. The summed E-state index contributed by atoms with van der Waals surface area (Å²) in [4.78, 5) is 35.4. The van der Waals surface area contributed by atoms with Gasteiger partial charge in [0.25, 0.3) is 5.91 Å². The number of amides is 1. The van der Waals surface area contributed by atoms with Gasteiger partial charge in [-0.15, -0.1) is 12.4 Å². The van der Waals surface area contributed by atoms with Crippen molar-refractivity contribution in [1.82, 2.24) is 9.97 Å². The van der Waals surface area contributed by atoms with Gasteiger partial charge in [-0.25, -0.2) is 14.8 Å². The number of esters is 1. The molecule has 8 nitrogen and oxygen atoms in total. The number of carbonyl (C=O) groups excluding carboxylic acids is 2. The highest BCUT2D eigenvalue weighted by Crippen LogP contribution is 2.42. The molecular formula is C26H21Cl2N3O5. The minimum Gasteiger partial charge on any atom is -0.493 e. The van der Waals surface area contributed by atoms with Gasteiger partial charge in [-0.3, -0.25) is 9.69 Å². The van der Waals surface area contributed by atoms with E-state index in [0.717, 1.165) is 16.3 Å². The highest BCUT2D eigenvalue weighted by Gasteiger charge is 2.28. The molecule has 0 radical (unpaired) electrons. The van der Waals surface area contributed by atoms with Crippen molar-refractivity contribution in [3.05, 3.63) is 76.7 Å². The van der Waals surface area contributed by atoms with E-state index in [1.165, 1.54) is 11.1 Å². The van der Waals surface area contributed by atoms with E-state index in [1.807, 2.05) is 24.3 Å². The normalized spacial score (nSPS) is 11.9. The fourth-order valence-electron chi connectivity index (χ4n) is 4.18. The molecule has 1 aliphatic rings. The van der Waals surface area contributed by atoms with Crippen LogP contribution in [-0.4, -0.2) is 43.1 Å². The predicted octanol–water partition coefficient (Wildman–Crippen LogP) is 5.34. The average Bonchev–Trinajstić information content (AvgIpc) is 3.26. The number of rotatable bonds is 5. The Hall–Kier alpha value is -3.88. The second-order valence-corrected chi connectivity index (χ2v) is 8.32. The third kappa shape index (κ3) is 4.29. The van der Waals surface area contributed by atoms with Crippen LogP contribution in [0.25, 0.3) is 21.9 Å². The van der Waals surface area contributed by atoms with Crippen LogP contribution in [0.5, 0.6) is 11.5 Å². The molecule has 0 saturated heterocycles. The number of hydrogen-bond acceptors (Lipinski definition) is 7. The SMILES string of the molecule is COc1cc2cc3c(c(-c4ccc(N(C)C(=O)c5ccc(Cl)nc5)nc4)c2cc1OC)C(=O)OC3.Cl. The van der Waals surface area contributed by atoms with Crippen LogP contribution >= 0.6 is 24.0 Å². The van der Waals surface area contributed by atoms with E-state index in [1.54, 1.807) is 45.7 Å². The summed E-state index contributed by atoms with van der Waals surface area (Å²) in [6, 6.07) is 12.3. The third-order valence-corrected chi connectivity index (χ3v) is 6.17. The highest BCUT2D eigenvalue weighted by atomic mass is 35.5. The maximum Gasteiger partial charge on any atom is 0.339 e. The second kappa shape index (κ2) is 10.0. The van der Waals surface area contributed by atoms with Crippen LogP contribution in [0.4, 0.5) is 5.82 Å². The van der Waals surface area contributed by atoms with E-state index in [4.69, 9.17) is 25.8 Å². The fourth-order valence-corrected chi connectivity index (χ4v) is 4.29. The number of benzene rings is 2. The van der Waals surface area contributed by atoms with Crippen molar-refractivity contribution < 1.29 is 23.8 Å². The van der Waals surface area contributed by atoms with Gasteiger partial charge in [0.1, 0.15) is 17.6 Å². The molecular weight excluding hydrogens is 505 g/mol. The number of halogens is 2. The van der Waals surface area contributed by atoms with Crippen LogP contribution in [0.3, 0.4) is 0 Å². The maximum absolute atomic E-state index is 12.8. The number of methoxy groups -OCH3 is 2. The number of aromatic nitrogens is 2.